The van der Waals surface area contributed by atoms with Gasteiger partial charge in [-0.1, -0.05) is 5.16 Å². The topological polar surface area (TPSA) is 103 Å². The Kier molecular flexibility index (Phi) is 2.34. The molecule has 4 aliphatic rings. The third-order valence-electron chi connectivity index (χ3n) is 5.19. The highest BCUT2D eigenvalue weighted by Crippen LogP contribution is 2.55. The summed E-state index contributed by atoms with van der Waals surface area (Å²) in [5, 5.41) is 12.4. The summed E-state index contributed by atoms with van der Waals surface area (Å²) in [6, 6.07) is 0.349. The average Bonchev–Trinajstić information content (AvgIpc) is 2.68. The number of nitrogen functional groups attached to an aromatic ring is 2. The van der Waals surface area contributed by atoms with E-state index in [4.69, 9.17) is 16.0 Å². The quantitative estimate of drug-likeness (QED) is 0.799. The van der Waals surface area contributed by atoms with E-state index in [1.54, 1.807) is 0 Å². The van der Waals surface area contributed by atoms with Crippen LogP contribution in [0, 0.1) is 23.7 Å². The lowest BCUT2D eigenvalue weighted by molar-refractivity contribution is -0.000936. The molecule has 0 aliphatic heterocycles. The minimum Gasteiger partial charge on any atom is -0.379 e. The Morgan fingerprint density at radius 2 is 1.63 bits per heavy atom. The fraction of sp³-hybridized carbons (Fsp3) is 0.769. The van der Waals surface area contributed by atoms with Gasteiger partial charge in [0.05, 0.1) is 6.04 Å². The van der Waals surface area contributed by atoms with Crippen LogP contribution in [-0.2, 0) is 0 Å². The number of hydrogen-bond donors (Lipinski definition) is 2. The van der Waals surface area contributed by atoms with Crippen molar-refractivity contribution in [1.82, 2.24) is 5.16 Å². The first kappa shape index (κ1) is 11.3. The van der Waals surface area contributed by atoms with Crippen LogP contribution >= 0.6 is 0 Å². The fourth-order valence-electron chi connectivity index (χ4n) is 4.62. The molecule has 5 rings (SSSR count). The van der Waals surface area contributed by atoms with Crippen molar-refractivity contribution in [3.63, 3.8) is 0 Å². The average molecular weight is 261 g/mol. The van der Waals surface area contributed by atoms with Crippen molar-refractivity contribution in [2.24, 2.45) is 33.9 Å². The van der Waals surface area contributed by atoms with Gasteiger partial charge in [-0.3, -0.25) is 0 Å². The number of anilines is 2. The van der Waals surface area contributed by atoms with Gasteiger partial charge in [-0.2, -0.15) is 5.11 Å². The van der Waals surface area contributed by atoms with E-state index in [0.29, 0.717) is 23.6 Å². The molecule has 1 aromatic heterocycles. The van der Waals surface area contributed by atoms with Crippen LogP contribution in [0.15, 0.2) is 14.8 Å². The summed E-state index contributed by atoms with van der Waals surface area (Å²) in [5.74, 6) is 3.69. The summed E-state index contributed by atoms with van der Waals surface area (Å²) in [7, 11) is 0. The molecule has 0 radical (unpaired) electrons. The Balaban J connectivity index is 1.57. The lowest BCUT2D eigenvalue weighted by Crippen LogP contribution is -2.47. The van der Waals surface area contributed by atoms with E-state index in [1.165, 1.54) is 32.1 Å². The predicted molar refractivity (Wildman–Crippen MR) is 70.7 cm³/mol. The van der Waals surface area contributed by atoms with Gasteiger partial charge in [0.15, 0.2) is 11.5 Å². The zero-order valence-corrected chi connectivity index (χ0v) is 10.8. The van der Waals surface area contributed by atoms with E-state index >= 15 is 0 Å². The summed E-state index contributed by atoms with van der Waals surface area (Å²) in [5.41, 5.74) is 11.7. The smallest absolute Gasteiger partial charge is 0.252 e. The number of rotatable bonds is 2. The van der Waals surface area contributed by atoms with Gasteiger partial charge in [-0.25, -0.2) is 0 Å². The molecule has 4 fully saturated rings. The Labute approximate surface area is 111 Å². The van der Waals surface area contributed by atoms with Crippen LogP contribution in [0.5, 0.6) is 0 Å². The first-order valence-electron chi connectivity index (χ1n) is 7.12. The number of nitrogens with two attached hydrogens (primary N) is 2. The minimum absolute atomic E-state index is 0.157. The molecular formula is C13H19N5O. The molecule has 4 saturated carbocycles. The SMILES string of the molecule is Nc1noc(N)c1N=NC1C2CC3CC(C2)CC1C3. The minimum atomic E-state index is 0.157. The molecule has 0 aromatic carbocycles. The molecule has 19 heavy (non-hydrogen) atoms. The lowest BCUT2D eigenvalue weighted by Gasteiger charge is -2.52. The number of hydrogen-bond acceptors (Lipinski definition) is 6. The molecule has 6 nitrogen and oxygen atoms in total. The number of aromatic nitrogens is 1. The first-order chi connectivity index (χ1) is 9.20. The Morgan fingerprint density at radius 3 is 2.16 bits per heavy atom. The fourth-order valence-corrected chi connectivity index (χ4v) is 4.62. The largest absolute Gasteiger partial charge is 0.379 e. The molecule has 0 amide bonds. The Morgan fingerprint density at radius 1 is 1.00 bits per heavy atom. The van der Waals surface area contributed by atoms with Gasteiger partial charge < -0.3 is 16.0 Å². The van der Waals surface area contributed by atoms with E-state index in [-0.39, 0.29) is 11.7 Å². The molecule has 4 aliphatic carbocycles. The van der Waals surface area contributed by atoms with E-state index < -0.39 is 0 Å². The second-order valence-corrected chi connectivity index (χ2v) is 6.42. The summed E-state index contributed by atoms with van der Waals surface area (Å²) in [6.07, 6.45) is 6.75. The summed E-state index contributed by atoms with van der Waals surface area (Å²) >= 11 is 0. The molecule has 0 saturated heterocycles. The summed E-state index contributed by atoms with van der Waals surface area (Å²) in [6.45, 7) is 0. The van der Waals surface area contributed by atoms with Crippen LogP contribution < -0.4 is 11.5 Å². The van der Waals surface area contributed by atoms with Gasteiger partial charge in [0.1, 0.15) is 0 Å². The van der Waals surface area contributed by atoms with Crippen molar-refractivity contribution in [2.75, 3.05) is 11.5 Å². The molecule has 1 aromatic rings. The van der Waals surface area contributed by atoms with Crippen LogP contribution in [0.1, 0.15) is 32.1 Å². The third-order valence-corrected chi connectivity index (χ3v) is 5.19. The zero-order valence-electron chi connectivity index (χ0n) is 10.8. The highest BCUT2D eigenvalue weighted by atomic mass is 16.5. The monoisotopic (exact) mass is 261 g/mol. The molecule has 0 spiro atoms. The number of azo groups is 1. The Bertz CT molecular complexity index is 476. The van der Waals surface area contributed by atoms with Crippen LogP contribution in [0.3, 0.4) is 0 Å². The van der Waals surface area contributed by atoms with E-state index in [0.717, 1.165) is 11.8 Å². The highest BCUT2D eigenvalue weighted by Gasteiger charge is 2.48. The molecule has 4 bridgehead atoms. The number of nitrogens with zero attached hydrogens (tertiary/aromatic N) is 3. The van der Waals surface area contributed by atoms with Crippen molar-refractivity contribution in [3.05, 3.63) is 0 Å². The molecule has 4 N–H and O–H groups in total. The van der Waals surface area contributed by atoms with Crippen molar-refractivity contribution in [1.29, 1.82) is 0 Å². The van der Waals surface area contributed by atoms with Gasteiger partial charge in [0.2, 0.25) is 0 Å². The summed E-state index contributed by atoms with van der Waals surface area (Å²) in [4.78, 5) is 0. The maximum atomic E-state index is 5.66. The zero-order chi connectivity index (χ0) is 13.0. The van der Waals surface area contributed by atoms with Crippen molar-refractivity contribution in [2.45, 2.75) is 38.1 Å². The molecule has 0 atom stereocenters. The van der Waals surface area contributed by atoms with Crippen molar-refractivity contribution < 1.29 is 4.52 Å². The second-order valence-electron chi connectivity index (χ2n) is 6.42. The molecule has 102 valence electrons. The molecule has 0 unspecified atom stereocenters. The van der Waals surface area contributed by atoms with Crippen LogP contribution in [0.2, 0.25) is 0 Å². The van der Waals surface area contributed by atoms with Crippen LogP contribution in [-0.4, -0.2) is 11.2 Å². The standard InChI is InChI=1S/C13H19N5O/c14-12-11(13(15)19-18-12)17-16-10-8-2-6-1-7(4-8)5-9(10)3-6/h6-10H,1-5,15H2,(H2,14,18). The van der Waals surface area contributed by atoms with Crippen molar-refractivity contribution in [3.8, 4) is 0 Å². The second kappa shape index (κ2) is 3.95. The molecule has 1 heterocycles. The van der Waals surface area contributed by atoms with Crippen LogP contribution in [0.4, 0.5) is 17.4 Å². The van der Waals surface area contributed by atoms with E-state index in [2.05, 4.69) is 15.4 Å². The molecule has 6 heteroatoms. The summed E-state index contributed by atoms with van der Waals surface area (Å²) < 4.78 is 4.80. The van der Waals surface area contributed by atoms with Gasteiger partial charge in [0, 0.05) is 0 Å². The normalized spacial score (nSPS) is 40.3. The van der Waals surface area contributed by atoms with Gasteiger partial charge in [-0.05, 0) is 55.8 Å². The Hall–Kier alpha value is -1.59. The van der Waals surface area contributed by atoms with Crippen LogP contribution in [0.25, 0.3) is 0 Å². The van der Waals surface area contributed by atoms with E-state index in [1.807, 2.05) is 0 Å². The molecular weight excluding hydrogens is 242 g/mol. The van der Waals surface area contributed by atoms with Gasteiger partial charge >= 0.3 is 0 Å². The maximum Gasteiger partial charge on any atom is 0.252 e. The van der Waals surface area contributed by atoms with Crippen molar-refractivity contribution >= 4 is 17.4 Å². The third kappa shape index (κ3) is 1.73. The van der Waals surface area contributed by atoms with Gasteiger partial charge in [0.25, 0.3) is 5.88 Å². The predicted octanol–water partition coefficient (Wildman–Crippen LogP) is 2.75. The maximum absolute atomic E-state index is 5.66. The van der Waals surface area contributed by atoms with Gasteiger partial charge in [-0.15, -0.1) is 5.11 Å². The van der Waals surface area contributed by atoms with E-state index in [9.17, 15) is 0 Å². The lowest BCUT2D eigenvalue weighted by atomic mass is 9.54. The first-order valence-corrected chi connectivity index (χ1v) is 7.12. The highest BCUT2D eigenvalue weighted by molar-refractivity contribution is 5.68.